The molecule has 10 nitrogen and oxygen atoms in total. The number of aromatic nitrogens is 2. The van der Waals surface area contributed by atoms with Gasteiger partial charge in [0.15, 0.2) is 11.5 Å². The first-order valence-electron chi connectivity index (χ1n) is 12.8. The Morgan fingerprint density at radius 1 is 1.05 bits per heavy atom. The quantitative estimate of drug-likeness (QED) is 0.291. The average Bonchev–Trinajstić information content (AvgIpc) is 3.41. The molecule has 2 aromatic heterocycles. The fourth-order valence-electron chi connectivity index (χ4n) is 4.74. The second-order valence-corrected chi connectivity index (χ2v) is 9.54. The summed E-state index contributed by atoms with van der Waals surface area (Å²) in [7, 11) is 1.29. The largest absolute Gasteiger partial charge is 0.494 e. The Labute approximate surface area is 240 Å². The van der Waals surface area contributed by atoms with Crippen LogP contribution in [0.25, 0.3) is 22.4 Å². The van der Waals surface area contributed by atoms with Crippen molar-refractivity contribution >= 4 is 28.4 Å². The van der Waals surface area contributed by atoms with Gasteiger partial charge in [-0.25, -0.2) is 9.97 Å². The summed E-state index contributed by atoms with van der Waals surface area (Å²) < 4.78 is 81.4. The SMILES string of the molecule is COc1ccc(-c2nc(C(=O)N3CCN(c4ccccc4OC(F)F)C(=O)C3)c([C@H](C)N)o2)c2ccc(C(F)(F)F)nc12. The van der Waals surface area contributed by atoms with Gasteiger partial charge in [0.2, 0.25) is 11.8 Å². The third-order valence-electron chi connectivity index (χ3n) is 6.71. The Kier molecular flexibility index (Phi) is 7.92. The van der Waals surface area contributed by atoms with Crippen LogP contribution in [0.4, 0.5) is 27.6 Å². The predicted octanol–water partition coefficient (Wildman–Crippen LogP) is 5.03. The van der Waals surface area contributed by atoms with Crippen LogP contribution in [0.2, 0.25) is 0 Å². The Hall–Kier alpha value is -4.79. The molecule has 1 atom stereocenters. The van der Waals surface area contributed by atoms with E-state index < -0.39 is 42.9 Å². The summed E-state index contributed by atoms with van der Waals surface area (Å²) in [6.07, 6.45) is -4.70. The first kappa shape index (κ1) is 29.7. The van der Waals surface area contributed by atoms with Gasteiger partial charge in [0.05, 0.1) is 18.8 Å². The van der Waals surface area contributed by atoms with E-state index in [1.54, 1.807) is 13.0 Å². The lowest BCUT2D eigenvalue weighted by Gasteiger charge is -2.34. The van der Waals surface area contributed by atoms with Crippen molar-refractivity contribution in [2.24, 2.45) is 5.73 Å². The molecule has 0 unspecified atom stereocenters. The lowest BCUT2D eigenvalue weighted by Crippen LogP contribution is -2.52. The summed E-state index contributed by atoms with van der Waals surface area (Å²) in [6, 6.07) is 9.90. The van der Waals surface area contributed by atoms with Gasteiger partial charge in [-0.15, -0.1) is 0 Å². The molecule has 1 aliphatic rings. The number of benzene rings is 2. The van der Waals surface area contributed by atoms with Gasteiger partial charge in [0.25, 0.3) is 5.91 Å². The van der Waals surface area contributed by atoms with Crippen molar-refractivity contribution < 1.29 is 45.4 Å². The van der Waals surface area contributed by atoms with Crippen LogP contribution in [0.1, 0.15) is 34.9 Å². The van der Waals surface area contributed by atoms with Gasteiger partial charge in [-0.3, -0.25) is 9.59 Å². The number of para-hydroxylation sites is 2. The number of rotatable bonds is 7. The van der Waals surface area contributed by atoms with E-state index in [9.17, 15) is 31.5 Å². The van der Waals surface area contributed by atoms with Crippen molar-refractivity contribution in [2.75, 3.05) is 31.6 Å². The Morgan fingerprint density at radius 2 is 1.79 bits per heavy atom. The van der Waals surface area contributed by atoms with E-state index >= 15 is 0 Å². The topological polar surface area (TPSA) is 124 Å². The van der Waals surface area contributed by atoms with E-state index in [1.165, 1.54) is 53.3 Å². The molecule has 2 amide bonds. The third-order valence-corrected chi connectivity index (χ3v) is 6.71. The van der Waals surface area contributed by atoms with Crippen LogP contribution in [0, 0.1) is 0 Å². The molecule has 1 fully saturated rings. The molecule has 43 heavy (non-hydrogen) atoms. The van der Waals surface area contributed by atoms with E-state index in [2.05, 4.69) is 14.7 Å². The van der Waals surface area contributed by atoms with Crippen LogP contribution >= 0.6 is 0 Å². The van der Waals surface area contributed by atoms with Crippen molar-refractivity contribution in [2.45, 2.75) is 25.8 Å². The third kappa shape index (κ3) is 5.80. The van der Waals surface area contributed by atoms with E-state index in [0.29, 0.717) is 0 Å². The van der Waals surface area contributed by atoms with Crippen LogP contribution in [-0.4, -0.2) is 60.0 Å². The summed E-state index contributed by atoms with van der Waals surface area (Å²) in [5.74, 6) is -1.44. The zero-order valence-corrected chi connectivity index (χ0v) is 22.7. The molecule has 2 aromatic carbocycles. The monoisotopic (exact) mass is 605 g/mol. The molecular formula is C28H24F5N5O5. The fraction of sp³-hybridized carbons (Fsp3) is 0.286. The normalized spacial score (nSPS) is 14.9. The van der Waals surface area contributed by atoms with Crippen molar-refractivity contribution in [3.8, 4) is 23.0 Å². The second-order valence-electron chi connectivity index (χ2n) is 9.54. The highest BCUT2D eigenvalue weighted by Crippen LogP contribution is 2.38. The van der Waals surface area contributed by atoms with Crippen LogP contribution in [-0.2, 0) is 11.0 Å². The molecule has 1 aliphatic heterocycles. The fourth-order valence-corrected chi connectivity index (χ4v) is 4.74. The number of fused-ring (bicyclic) bond motifs is 1. The van der Waals surface area contributed by atoms with Gasteiger partial charge in [-0.2, -0.15) is 22.0 Å². The highest BCUT2D eigenvalue weighted by molar-refractivity contribution is 6.03. The molecule has 0 spiro atoms. The number of nitrogens with two attached hydrogens (primary N) is 1. The number of oxazole rings is 1. The smallest absolute Gasteiger partial charge is 0.433 e. The summed E-state index contributed by atoms with van der Waals surface area (Å²) in [6.45, 7) is -1.96. The van der Waals surface area contributed by atoms with E-state index in [1.807, 2.05) is 0 Å². The minimum Gasteiger partial charge on any atom is -0.494 e. The number of halogens is 5. The molecule has 5 rings (SSSR count). The number of amides is 2. The number of anilines is 1. The van der Waals surface area contributed by atoms with Crippen LogP contribution in [0.3, 0.4) is 0 Å². The van der Waals surface area contributed by atoms with Crippen LogP contribution < -0.4 is 20.1 Å². The lowest BCUT2D eigenvalue weighted by atomic mass is 10.1. The number of hydrogen-bond donors (Lipinski definition) is 1. The summed E-state index contributed by atoms with van der Waals surface area (Å²) >= 11 is 0. The summed E-state index contributed by atoms with van der Waals surface area (Å²) in [4.78, 5) is 37.2. The van der Waals surface area contributed by atoms with Gasteiger partial charge in [0, 0.05) is 24.0 Å². The van der Waals surface area contributed by atoms with E-state index in [-0.39, 0.29) is 64.1 Å². The molecule has 0 saturated carbocycles. The van der Waals surface area contributed by atoms with Crippen molar-refractivity contribution in [3.05, 3.63) is 65.7 Å². The molecule has 15 heteroatoms. The number of nitrogens with zero attached hydrogens (tertiary/aromatic N) is 4. The lowest BCUT2D eigenvalue weighted by molar-refractivity contribution is -0.141. The maximum absolute atomic E-state index is 13.6. The molecular weight excluding hydrogens is 581 g/mol. The maximum atomic E-state index is 13.6. The molecule has 0 bridgehead atoms. The van der Waals surface area contributed by atoms with E-state index in [0.717, 1.165) is 6.07 Å². The number of pyridine rings is 1. The molecule has 3 heterocycles. The van der Waals surface area contributed by atoms with Gasteiger partial charge >= 0.3 is 12.8 Å². The number of carbonyl (C=O) groups excluding carboxylic acids is 2. The van der Waals surface area contributed by atoms with Crippen molar-refractivity contribution in [1.82, 2.24) is 14.9 Å². The van der Waals surface area contributed by atoms with Gasteiger partial charge in [-0.05, 0) is 43.3 Å². The maximum Gasteiger partial charge on any atom is 0.433 e. The highest BCUT2D eigenvalue weighted by Gasteiger charge is 2.35. The first-order chi connectivity index (χ1) is 20.4. The zero-order valence-electron chi connectivity index (χ0n) is 22.7. The standard InChI is InChI=1S/C28H24F5N5O5/c1-14(34)24-23(26(40)37-11-12-38(21(39)13-37)17-5-3-4-6-18(17)42-27(29)30)36-25(43-24)16-7-9-19(41-2)22-15(16)8-10-20(35-22)28(31,32)33/h3-10,14,27H,11-13,34H2,1-2H3/t14-/m0/s1. The van der Waals surface area contributed by atoms with E-state index in [4.69, 9.17) is 14.9 Å². The Balaban J connectivity index is 1.46. The molecule has 2 N–H and O–H groups in total. The molecule has 0 aliphatic carbocycles. The number of hydrogen-bond acceptors (Lipinski definition) is 8. The Morgan fingerprint density at radius 3 is 2.44 bits per heavy atom. The first-order valence-corrected chi connectivity index (χ1v) is 12.8. The number of carbonyl (C=O) groups is 2. The van der Waals surface area contributed by atoms with Gasteiger partial charge < -0.3 is 29.4 Å². The zero-order chi connectivity index (χ0) is 31.1. The average molecular weight is 606 g/mol. The van der Waals surface area contributed by atoms with Crippen LogP contribution in [0.5, 0.6) is 11.5 Å². The highest BCUT2D eigenvalue weighted by atomic mass is 19.4. The van der Waals surface area contributed by atoms with Crippen molar-refractivity contribution in [3.63, 3.8) is 0 Å². The Bertz CT molecular complexity index is 1690. The minimum absolute atomic E-state index is 0.00519. The predicted molar refractivity (Wildman–Crippen MR) is 143 cm³/mol. The summed E-state index contributed by atoms with van der Waals surface area (Å²) in [5.41, 5.74) is 5.03. The molecule has 0 radical (unpaired) electrons. The van der Waals surface area contributed by atoms with Gasteiger partial charge in [-0.1, -0.05) is 12.1 Å². The molecule has 226 valence electrons. The minimum atomic E-state index is -4.70. The molecule has 4 aromatic rings. The molecule has 1 saturated heterocycles. The summed E-state index contributed by atoms with van der Waals surface area (Å²) in [5, 5.41) is 0.220. The van der Waals surface area contributed by atoms with Crippen molar-refractivity contribution in [1.29, 1.82) is 0 Å². The number of alkyl halides is 5. The van der Waals surface area contributed by atoms with Crippen LogP contribution in [0.15, 0.2) is 52.9 Å². The second kappa shape index (κ2) is 11.5. The number of methoxy groups -OCH3 is 1. The number of piperazine rings is 1. The van der Waals surface area contributed by atoms with Gasteiger partial charge in [0.1, 0.15) is 29.3 Å². The number of ether oxygens (including phenoxy) is 2.